The summed E-state index contributed by atoms with van der Waals surface area (Å²) in [6, 6.07) is 14.5. The number of rotatable bonds is 6. The lowest BCUT2D eigenvalue weighted by molar-refractivity contribution is -0.140. The van der Waals surface area contributed by atoms with Crippen LogP contribution in [-0.4, -0.2) is 42.9 Å². The van der Waals surface area contributed by atoms with Gasteiger partial charge in [0.05, 0.1) is 11.5 Å². The normalized spacial score (nSPS) is 19.2. The molecule has 0 saturated carbocycles. The van der Waals surface area contributed by atoms with Gasteiger partial charge in [0, 0.05) is 17.6 Å². The predicted octanol–water partition coefficient (Wildman–Crippen LogP) is 3.63. The number of carbonyl (C=O) groups excluding carboxylic acids is 1. The first-order valence-corrected chi connectivity index (χ1v) is 11.4. The molecule has 0 radical (unpaired) electrons. The Kier molecular flexibility index (Phi) is 6.30. The highest BCUT2D eigenvalue weighted by atomic mass is 35.5. The highest BCUT2D eigenvalue weighted by molar-refractivity contribution is 7.91. The van der Waals surface area contributed by atoms with Crippen LogP contribution >= 0.6 is 11.6 Å². The molecule has 5 nitrogen and oxygen atoms in total. The van der Waals surface area contributed by atoms with Gasteiger partial charge in [0.25, 0.3) is 5.91 Å². The largest absolute Gasteiger partial charge is 0.481 e. The minimum Gasteiger partial charge on any atom is -0.481 e. The maximum absolute atomic E-state index is 13.2. The number of halogens is 1. The van der Waals surface area contributed by atoms with Crippen LogP contribution in [0, 0.1) is 6.92 Å². The molecule has 1 aliphatic rings. The molecule has 0 spiro atoms. The molecular weight excluding hydrogens is 398 g/mol. The van der Waals surface area contributed by atoms with Crippen molar-refractivity contribution in [2.24, 2.45) is 0 Å². The fourth-order valence-corrected chi connectivity index (χ4v) is 5.22. The number of nitrogens with zero attached hydrogens (tertiary/aromatic N) is 1. The van der Waals surface area contributed by atoms with Gasteiger partial charge in [-0.3, -0.25) is 4.79 Å². The van der Waals surface area contributed by atoms with Crippen molar-refractivity contribution < 1.29 is 17.9 Å². The molecular formula is C21H24ClNO4S. The molecule has 0 aromatic heterocycles. The fourth-order valence-electron chi connectivity index (χ4n) is 3.37. The molecule has 0 N–H and O–H groups in total. The maximum atomic E-state index is 13.2. The lowest BCUT2D eigenvalue weighted by atomic mass is 10.1. The SMILES string of the molecule is Cc1cc(O[C@H](C)C(=O)N(Cc2ccccc2)[C@@H]2CCS(=O)(=O)C2)ccc1Cl. The second-order valence-electron chi connectivity index (χ2n) is 7.18. The second-order valence-corrected chi connectivity index (χ2v) is 9.82. The molecule has 0 bridgehead atoms. The van der Waals surface area contributed by atoms with Gasteiger partial charge in [0.1, 0.15) is 5.75 Å². The second kappa shape index (κ2) is 8.53. The summed E-state index contributed by atoms with van der Waals surface area (Å²) in [4.78, 5) is 14.8. The first-order chi connectivity index (χ1) is 13.2. The van der Waals surface area contributed by atoms with E-state index in [4.69, 9.17) is 16.3 Å². The van der Waals surface area contributed by atoms with Crippen LogP contribution in [0.4, 0.5) is 0 Å². The van der Waals surface area contributed by atoms with Crippen molar-refractivity contribution in [3.8, 4) is 5.75 Å². The topological polar surface area (TPSA) is 63.7 Å². The minimum atomic E-state index is -3.11. The first-order valence-electron chi connectivity index (χ1n) is 9.23. The number of sulfone groups is 1. The molecule has 7 heteroatoms. The van der Waals surface area contributed by atoms with Gasteiger partial charge < -0.3 is 9.64 Å². The van der Waals surface area contributed by atoms with Gasteiger partial charge in [-0.25, -0.2) is 8.42 Å². The summed E-state index contributed by atoms with van der Waals surface area (Å²) in [6.45, 7) is 3.91. The van der Waals surface area contributed by atoms with Gasteiger partial charge in [-0.1, -0.05) is 41.9 Å². The number of hydrogen-bond acceptors (Lipinski definition) is 4. The average Bonchev–Trinajstić information content (AvgIpc) is 3.02. The molecule has 1 fully saturated rings. The molecule has 150 valence electrons. The summed E-state index contributed by atoms with van der Waals surface area (Å²) >= 11 is 6.05. The molecule has 1 amide bonds. The van der Waals surface area contributed by atoms with Crippen LogP contribution in [0.1, 0.15) is 24.5 Å². The van der Waals surface area contributed by atoms with E-state index < -0.39 is 15.9 Å². The molecule has 2 atom stereocenters. The number of benzene rings is 2. The van der Waals surface area contributed by atoms with E-state index in [0.717, 1.165) is 11.1 Å². The van der Waals surface area contributed by atoms with Crippen LogP contribution < -0.4 is 4.74 Å². The molecule has 2 aromatic carbocycles. The smallest absolute Gasteiger partial charge is 0.263 e. The minimum absolute atomic E-state index is 0.00164. The third kappa shape index (κ3) is 5.06. The lowest BCUT2D eigenvalue weighted by Crippen LogP contribution is -2.46. The van der Waals surface area contributed by atoms with Gasteiger partial charge in [-0.05, 0) is 49.6 Å². The Hall–Kier alpha value is -2.05. The molecule has 0 aliphatic carbocycles. The van der Waals surface area contributed by atoms with E-state index in [1.165, 1.54) is 0 Å². The molecule has 2 aromatic rings. The maximum Gasteiger partial charge on any atom is 0.263 e. The van der Waals surface area contributed by atoms with Gasteiger partial charge >= 0.3 is 0 Å². The Bertz CT molecular complexity index is 946. The number of amides is 1. The van der Waals surface area contributed by atoms with Crippen molar-refractivity contribution in [1.29, 1.82) is 0 Å². The van der Waals surface area contributed by atoms with Crippen molar-refractivity contribution in [2.45, 2.75) is 39.0 Å². The summed E-state index contributed by atoms with van der Waals surface area (Å²) < 4.78 is 29.8. The van der Waals surface area contributed by atoms with Crippen LogP contribution in [0.25, 0.3) is 0 Å². The summed E-state index contributed by atoms with van der Waals surface area (Å²) in [5.41, 5.74) is 1.82. The van der Waals surface area contributed by atoms with Gasteiger partial charge in [-0.15, -0.1) is 0 Å². The monoisotopic (exact) mass is 421 g/mol. The molecule has 3 rings (SSSR count). The highest BCUT2D eigenvalue weighted by Gasteiger charge is 2.36. The van der Waals surface area contributed by atoms with Crippen LogP contribution in [-0.2, 0) is 21.2 Å². The third-order valence-corrected chi connectivity index (χ3v) is 7.09. The summed E-state index contributed by atoms with van der Waals surface area (Å²) in [5, 5.41) is 0.633. The Morgan fingerprint density at radius 1 is 1.25 bits per heavy atom. The van der Waals surface area contributed by atoms with Crippen molar-refractivity contribution in [1.82, 2.24) is 4.90 Å². The standard InChI is InChI=1S/C21H24ClNO4S/c1-15-12-19(8-9-20(15)22)27-16(2)21(24)23(13-17-6-4-3-5-7-17)18-10-11-28(25,26)14-18/h3-9,12,16,18H,10-11,13-14H2,1-2H3/t16-,18-/m1/s1. The van der Waals surface area contributed by atoms with Crippen molar-refractivity contribution in [3.63, 3.8) is 0 Å². The number of ether oxygens (including phenoxy) is 1. The zero-order chi connectivity index (χ0) is 20.3. The van der Waals surface area contributed by atoms with E-state index in [9.17, 15) is 13.2 Å². The van der Waals surface area contributed by atoms with Crippen molar-refractivity contribution >= 4 is 27.3 Å². The Labute approximate surface area is 171 Å². The Balaban J connectivity index is 1.79. The summed E-state index contributed by atoms with van der Waals surface area (Å²) in [6.07, 6.45) is -0.291. The Morgan fingerprint density at radius 2 is 1.96 bits per heavy atom. The van der Waals surface area contributed by atoms with Gasteiger partial charge in [-0.2, -0.15) is 0 Å². The van der Waals surface area contributed by atoms with Crippen LogP contribution in [0.2, 0.25) is 5.02 Å². The van der Waals surface area contributed by atoms with Crippen molar-refractivity contribution in [2.75, 3.05) is 11.5 Å². The van der Waals surface area contributed by atoms with Crippen molar-refractivity contribution in [3.05, 3.63) is 64.7 Å². The molecule has 28 heavy (non-hydrogen) atoms. The van der Waals surface area contributed by atoms with E-state index in [0.29, 0.717) is 23.7 Å². The first kappa shape index (κ1) is 20.7. The number of hydrogen-bond donors (Lipinski definition) is 0. The molecule has 1 aliphatic heterocycles. The van der Waals surface area contributed by atoms with Crippen LogP contribution in [0.5, 0.6) is 5.75 Å². The summed E-state index contributed by atoms with van der Waals surface area (Å²) in [7, 11) is -3.11. The average molecular weight is 422 g/mol. The van der Waals surface area contributed by atoms with E-state index in [-0.39, 0.29) is 23.5 Å². The zero-order valence-corrected chi connectivity index (χ0v) is 17.5. The molecule has 0 unspecified atom stereocenters. The van der Waals surface area contributed by atoms with Gasteiger partial charge in [0.2, 0.25) is 0 Å². The lowest BCUT2D eigenvalue weighted by Gasteiger charge is -2.31. The molecule has 1 heterocycles. The third-order valence-electron chi connectivity index (χ3n) is 4.92. The molecule has 1 saturated heterocycles. The van der Waals surface area contributed by atoms with E-state index in [1.54, 1.807) is 30.0 Å². The van der Waals surface area contributed by atoms with Crippen LogP contribution in [0.15, 0.2) is 48.5 Å². The predicted molar refractivity (Wildman–Crippen MR) is 110 cm³/mol. The highest BCUT2D eigenvalue weighted by Crippen LogP contribution is 2.24. The fraction of sp³-hybridized carbons (Fsp3) is 0.381. The number of aryl methyl sites for hydroxylation is 1. The van der Waals surface area contributed by atoms with Gasteiger partial charge in [0.15, 0.2) is 15.9 Å². The summed E-state index contributed by atoms with van der Waals surface area (Å²) in [5.74, 6) is 0.445. The van der Waals surface area contributed by atoms with E-state index in [2.05, 4.69) is 0 Å². The van der Waals surface area contributed by atoms with E-state index in [1.807, 2.05) is 37.3 Å². The number of carbonyl (C=O) groups is 1. The Morgan fingerprint density at radius 3 is 2.57 bits per heavy atom. The quantitative estimate of drug-likeness (QED) is 0.714. The van der Waals surface area contributed by atoms with E-state index >= 15 is 0 Å². The van der Waals surface area contributed by atoms with Crippen LogP contribution in [0.3, 0.4) is 0 Å². The zero-order valence-electron chi connectivity index (χ0n) is 16.0.